The second-order valence-electron chi connectivity index (χ2n) is 5.05. The molecule has 0 aliphatic heterocycles. The molecule has 0 bridgehead atoms. The monoisotopic (exact) mass is 330 g/mol. The van der Waals surface area contributed by atoms with Crippen LogP contribution in [0.25, 0.3) is 6.08 Å². The molecule has 0 amide bonds. The van der Waals surface area contributed by atoms with E-state index in [9.17, 15) is 18.4 Å². The fourth-order valence-corrected chi connectivity index (χ4v) is 2.05. The van der Waals surface area contributed by atoms with Crippen LogP contribution in [0.2, 0.25) is 0 Å². The van der Waals surface area contributed by atoms with Gasteiger partial charge in [-0.25, -0.2) is 8.78 Å². The van der Waals surface area contributed by atoms with Crippen molar-refractivity contribution in [3.05, 3.63) is 76.9 Å². The van der Waals surface area contributed by atoms with Crippen LogP contribution in [-0.2, 0) is 16.0 Å². The van der Waals surface area contributed by atoms with Crippen LogP contribution >= 0.6 is 0 Å². The fraction of sp³-hybridized carbons (Fsp3) is 0.158. The van der Waals surface area contributed by atoms with Crippen molar-refractivity contribution in [1.82, 2.24) is 0 Å². The second-order valence-corrected chi connectivity index (χ2v) is 5.05. The largest absolute Gasteiger partial charge is 0.466 e. The van der Waals surface area contributed by atoms with E-state index in [1.54, 1.807) is 31.2 Å². The van der Waals surface area contributed by atoms with Crippen molar-refractivity contribution < 1.29 is 23.1 Å². The van der Waals surface area contributed by atoms with Crippen LogP contribution in [0.15, 0.2) is 48.5 Å². The highest BCUT2D eigenvalue weighted by molar-refractivity contribution is 6.06. The van der Waals surface area contributed by atoms with Crippen molar-refractivity contribution in [2.24, 2.45) is 0 Å². The number of allylic oxidation sites excluding steroid dienone is 1. The van der Waals surface area contributed by atoms with Crippen LogP contribution in [0.5, 0.6) is 0 Å². The molecular weight excluding hydrogens is 314 g/mol. The lowest BCUT2D eigenvalue weighted by Crippen LogP contribution is -2.07. The molecule has 0 unspecified atom stereocenters. The summed E-state index contributed by atoms with van der Waals surface area (Å²) in [6.45, 7) is 2.06. The highest BCUT2D eigenvalue weighted by Gasteiger charge is 2.06. The lowest BCUT2D eigenvalue weighted by Gasteiger charge is -2.03. The van der Waals surface area contributed by atoms with Gasteiger partial charge in [0.15, 0.2) is 17.4 Å². The maximum absolute atomic E-state index is 13.1. The maximum Gasteiger partial charge on any atom is 0.310 e. The minimum absolute atomic E-state index is 0.146. The summed E-state index contributed by atoms with van der Waals surface area (Å²) in [7, 11) is 0. The van der Waals surface area contributed by atoms with Crippen molar-refractivity contribution in [2.75, 3.05) is 6.61 Å². The van der Waals surface area contributed by atoms with Crippen LogP contribution in [-0.4, -0.2) is 18.4 Å². The van der Waals surface area contributed by atoms with Gasteiger partial charge in [0.2, 0.25) is 0 Å². The first-order valence-corrected chi connectivity index (χ1v) is 7.41. The molecular formula is C19H16F2O3. The average Bonchev–Trinajstić information content (AvgIpc) is 2.56. The second kappa shape index (κ2) is 8.15. The van der Waals surface area contributed by atoms with E-state index in [-0.39, 0.29) is 18.2 Å². The molecule has 0 aromatic heterocycles. The predicted octanol–water partition coefficient (Wildman–Crippen LogP) is 3.97. The van der Waals surface area contributed by atoms with E-state index < -0.39 is 11.6 Å². The van der Waals surface area contributed by atoms with Gasteiger partial charge >= 0.3 is 5.97 Å². The molecule has 0 atom stereocenters. The fourth-order valence-electron chi connectivity index (χ4n) is 2.05. The molecule has 0 spiro atoms. The highest BCUT2D eigenvalue weighted by Crippen LogP contribution is 2.12. The lowest BCUT2D eigenvalue weighted by molar-refractivity contribution is -0.142. The molecule has 2 aromatic rings. The Morgan fingerprint density at radius 2 is 1.75 bits per heavy atom. The number of carbonyl (C=O) groups excluding carboxylic acids is 2. The molecule has 0 aliphatic rings. The summed E-state index contributed by atoms with van der Waals surface area (Å²) in [5.74, 6) is -2.50. The van der Waals surface area contributed by atoms with Crippen LogP contribution in [0, 0.1) is 11.6 Å². The van der Waals surface area contributed by atoms with Gasteiger partial charge in [0, 0.05) is 5.56 Å². The zero-order valence-corrected chi connectivity index (χ0v) is 13.1. The Morgan fingerprint density at radius 3 is 2.38 bits per heavy atom. The third-order valence-corrected chi connectivity index (χ3v) is 3.26. The Labute approximate surface area is 138 Å². The smallest absolute Gasteiger partial charge is 0.310 e. The third-order valence-electron chi connectivity index (χ3n) is 3.26. The summed E-state index contributed by atoms with van der Waals surface area (Å²) >= 11 is 0. The molecule has 3 nitrogen and oxygen atoms in total. The van der Waals surface area contributed by atoms with Gasteiger partial charge in [0.1, 0.15) is 0 Å². The number of halogens is 2. The van der Waals surface area contributed by atoms with Gasteiger partial charge in [0.25, 0.3) is 0 Å². The van der Waals surface area contributed by atoms with Crippen molar-refractivity contribution >= 4 is 17.8 Å². The number of carbonyl (C=O) groups is 2. The topological polar surface area (TPSA) is 43.4 Å². The van der Waals surface area contributed by atoms with Gasteiger partial charge in [-0.15, -0.1) is 0 Å². The van der Waals surface area contributed by atoms with E-state index in [2.05, 4.69) is 0 Å². The molecule has 5 heteroatoms. The van der Waals surface area contributed by atoms with Crippen molar-refractivity contribution in [1.29, 1.82) is 0 Å². The van der Waals surface area contributed by atoms with Crippen molar-refractivity contribution in [2.45, 2.75) is 13.3 Å². The minimum atomic E-state index is -0.965. The molecule has 0 N–H and O–H groups in total. The zero-order chi connectivity index (χ0) is 17.5. The van der Waals surface area contributed by atoms with Crippen molar-refractivity contribution in [3.63, 3.8) is 0 Å². The molecule has 2 aromatic carbocycles. The number of ether oxygens (including phenoxy) is 1. The van der Waals surface area contributed by atoms with Crippen LogP contribution in [0.4, 0.5) is 8.78 Å². The van der Waals surface area contributed by atoms with Gasteiger partial charge in [0.05, 0.1) is 13.0 Å². The number of hydrogen-bond acceptors (Lipinski definition) is 3. The molecule has 0 saturated heterocycles. The summed E-state index contributed by atoms with van der Waals surface area (Å²) in [5.41, 5.74) is 1.57. The summed E-state index contributed by atoms with van der Waals surface area (Å²) in [5, 5.41) is 0. The van der Waals surface area contributed by atoms with Crippen LogP contribution in [0.3, 0.4) is 0 Å². The third kappa shape index (κ3) is 4.84. The van der Waals surface area contributed by atoms with E-state index in [1.807, 2.05) is 0 Å². The Bertz CT molecular complexity index is 765. The van der Waals surface area contributed by atoms with E-state index in [4.69, 9.17) is 4.74 Å². The Morgan fingerprint density at radius 1 is 1.04 bits per heavy atom. The molecule has 0 radical (unpaired) electrons. The zero-order valence-electron chi connectivity index (χ0n) is 13.1. The van der Waals surface area contributed by atoms with E-state index in [0.29, 0.717) is 17.7 Å². The first kappa shape index (κ1) is 17.5. The van der Waals surface area contributed by atoms with Gasteiger partial charge < -0.3 is 4.74 Å². The number of rotatable bonds is 6. The molecule has 0 heterocycles. The van der Waals surface area contributed by atoms with Crippen molar-refractivity contribution in [3.8, 4) is 0 Å². The maximum atomic E-state index is 13.1. The Hall–Kier alpha value is -2.82. The van der Waals surface area contributed by atoms with Gasteiger partial charge in [-0.2, -0.15) is 0 Å². The van der Waals surface area contributed by atoms with Gasteiger partial charge in [-0.3, -0.25) is 9.59 Å². The highest BCUT2D eigenvalue weighted by atomic mass is 19.2. The first-order chi connectivity index (χ1) is 11.5. The molecule has 0 fully saturated rings. The van der Waals surface area contributed by atoms with E-state index in [0.717, 1.165) is 17.7 Å². The molecule has 0 saturated carbocycles. The predicted molar refractivity (Wildman–Crippen MR) is 86.5 cm³/mol. The number of hydrogen-bond donors (Lipinski definition) is 0. The summed E-state index contributed by atoms with van der Waals surface area (Å²) in [4.78, 5) is 23.4. The molecule has 2 rings (SSSR count). The Kier molecular flexibility index (Phi) is 5.95. The lowest BCUT2D eigenvalue weighted by atomic mass is 10.1. The van der Waals surface area contributed by atoms with E-state index >= 15 is 0 Å². The van der Waals surface area contributed by atoms with Gasteiger partial charge in [-0.1, -0.05) is 36.4 Å². The molecule has 24 heavy (non-hydrogen) atoms. The molecule has 0 aliphatic carbocycles. The number of esters is 1. The van der Waals surface area contributed by atoms with Gasteiger partial charge in [-0.05, 0) is 36.3 Å². The summed E-state index contributed by atoms with van der Waals surface area (Å²) in [6.07, 6.45) is 2.84. The number of benzene rings is 2. The summed E-state index contributed by atoms with van der Waals surface area (Å²) < 4.78 is 30.8. The Balaban J connectivity index is 2.03. The van der Waals surface area contributed by atoms with E-state index in [1.165, 1.54) is 18.2 Å². The number of ketones is 1. The summed E-state index contributed by atoms with van der Waals surface area (Å²) in [6, 6.07) is 9.96. The average molecular weight is 330 g/mol. The minimum Gasteiger partial charge on any atom is -0.466 e. The normalized spacial score (nSPS) is 10.8. The van der Waals surface area contributed by atoms with Crippen LogP contribution in [0.1, 0.15) is 28.4 Å². The van der Waals surface area contributed by atoms with Crippen LogP contribution < -0.4 is 0 Å². The standard InChI is InChI=1S/C19H16F2O3/c1-2-24-19(23)12-14-3-7-15(8-4-14)18(22)10-6-13-5-9-16(20)17(21)11-13/h3-11H,2,12H2,1H3. The SMILES string of the molecule is CCOC(=O)Cc1ccc(C(=O)C=Cc2ccc(F)c(F)c2)cc1. The molecule has 124 valence electrons. The first-order valence-electron chi connectivity index (χ1n) is 7.41. The quantitative estimate of drug-likeness (QED) is 0.457.